The first-order valence-corrected chi connectivity index (χ1v) is 8.28. The van der Waals surface area contributed by atoms with E-state index < -0.39 is 11.9 Å². The summed E-state index contributed by atoms with van der Waals surface area (Å²) in [6.45, 7) is 8.82. The van der Waals surface area contributed by atoms with E-state index >= 15 is 0 Å². The first kappa shape index (κ1) is 19.8. The highest BCUT2D eigenvalue weighted by Crippen LogP contribution is 2.39. The topological polar surface area (TPSA) is 26.5 Å². The van der Waals surface area contributed by atoms with Crippen LogP contribution in [-0.4, -0.2) is 11.9 Å². The van der Waals surface area contributed by atoms with Crippen LogP contribution in [0, 0.1) is 27.7 Å². The highest BCUT2D eigenvalue weighted by molar-refractivity contribution is 5.96. The van der Waals surface area contributed by atoms with Crippen LogP contribution in [-0.2, 0) is 0 Å². The second-order valence-corrected chi connectivity index (χ2v) is 6.37. The van der Waals surface area contributed by atoms with Crippen molar-refractivity contribution in [1.82, 2.24) is 0 Å². The van der Waals surface area contributed by atoms with Gasteiger partial charge in [0.05, 0.1) is 5.69 Å². The predicted molar refractivity (Wildman–Crippen MR) is 102 cm³/mol. The van der Waals surface area contributed by atoms with Crippen molar-refractivity contribution in [2.24, 2.45) is 4.99 Å². The highest BCUT2D eigenvalue weighted by Gasteiger charge is 2.27. The lowest BCUT2D eigenvalue weighted by Crippen LogP contribution is -2.12. The highest BCUT2D eigenvalue weighted by atomic mass is 19.4. The van der Waals surface area contributed by atoms with Crippen LogP contribution in [0.25, 0.3) is 5.32 Å². The molecule has 2 aromatic carbocycles. The maximum absolute atomic E-state index is 13.5. The van der Waals surface area contributed by atoms with Crippen LogP contribution < -0.4 is 0 Å². The number of para-hydroxylation sites is 2. The van der Waals surface area contributed by atoms with Gasteiger partial charge in [-0.1, -0.05) is 59.3 Å². The summed E-state index contributed by atoms with van der Waals surface area (Å²) in [6, 6.07) is 11.0. The standard InChI is InChI=1S/C21H22F3N2/c1-13-8-6-9-14(2)19(13)25-17(5)12-18(21(22,23)24)26-20-15(3)10-7-11-16(20)4/h6-12H,1-5H3/q-1/b18-12+,25-17?. The first-order valence-electron chi connectivity index (χ1n) is 8.28. The minimum Gasteiger partial charge on any atom is -0.654 e. The van der Waals surface area contributed by atoms with Gasteiger partial charge in [0.25, 0.3) is 0 Å². The number of aryl methyl sites for hydroxylation is 4. The van der Waals surface area contributed by atoms with Crippen LogP contribution >= 0.6 is 0 Å². The Balaban J connectivity index is 2.45. The number of hydrogen-bond acceptors (Lipinski definition) is 1. The van der Waals surface area contributed by atoms with Gasteiger partial charge in [0.1, 0.15) is 0 Å². The summed E-state index contributed by atoms with van der Waals surface area (Å²) < 4.78 is 40.5. The lowest BCUT2D eigenvalue weighted by atomic mass is 10.1. The molecule has 2 rings (SSSR count). The third-order valence-corrected chi connectivity index (χ3v) is 4.04. The molecule has 5 heteroatoms. The summed E-state index contributed by atoms with van der Waals surface area (Å²) in [4.78, 5) is 4.38. The minimum atomic E-state index is -4.56. The third-order valence-electron chi connectivity index (χ3n) is 4.04. The molecule has 0 unspecified atom stereocenters. The summed E-state index contributed by atoms with van der Waals surface area (Å²) in [5, 5.41) is 3.91. The molecule has 2 nitrogen and oxygen atoms in total. The number of aliphatic imine (C=N–C) groups is 1. The van der Waals surface area contributed by atoms with Crippen molar-refractivity contribution in [3.63, 3.8) is 0 Å². The Bertz CT molecular complexity index is 822. The van der Waals surface area contributed by atoms with E-state index in [1.807, 2.05) is 32.0 Å². The Morgan fingerprint density at radius 1 is 0.885 bits per heavy atom. The maximum Gasteiger partial charge on any atom is 0.396 e. The zero-order chi connectivity index (χ0) is 19.5. The Kier molecular flexibility index (Phi) is 5.90. The van der Waals surface area contributed by atoms with E-state index in [9.17, 15) is 13.2 Å². The molecule has 0 atom stereocenters. The fourth-order valence-electron chi connectivity index (χ4n) is 2.67. The molecule has 0 saturated carbocycles. The average Bonchev–Trinajstić information content (AvgIpc) is 2.52. The summed E-state index contributed by atoms with van der Waals surface area (Å²) in [5.74, 6) is 0. The van der Waals surface area contributed by atoms with Gasteiger partial charge in [0.2, 0.25) is 0 Å². The third kappa shape index (κ3) is 4.75. The van der Waals surface area contributed by atoms with Gasteiger partial charge < -0.3 is 5.32 Å². The first-order chi connectivity index (χ1) is 12.1. The summed E-state index contributed by atoms with van der Waals surface area (Å²) in [5.41, 5.74) is 3.56. The van der Waals surface area contributed by atoms with Crippen molar-refractivity contribution in [3.8, 4) is 0 Å². The fourth-order valence-corrected chi connectivity index (χ4v) is 2.67. The van der Waals surface area contributed by atoms with E-state index in [0.717, 1.165) is 17.2 Å². The zero-order valence-corrected chi connectivity index (χ0v) is 15.6. The summed E-state index contributed by atoms with van der Waals surface area (Å²) in [7, 11) is 0. The van der Waals surface area contributed by atoms with Gasteiger partial charge >= 0.3 is 6.18 Å². The van der Waals surface area contributed by atoms with Crippen LogP contribution in [0.4, 0.5) is 24.5 Å². The van der Waals surface area contributed by atoms with Gasteiger partial charge in [-0.3, -0.25) is 4.99 Å². The zero-order valence-electron chi connectivity index (χ0n) is 15.6. The Morgan fingerprint density at radius 2 is 1.35 bits per heavy atom. The maximum atomic E-state index is 13.5. The van der Waals surface area contributed by atoms with Gasteiger partial charge in [-0.15, -0.1) is 5.69 Å². The van der Waals surface area contributed by atoms with Crippen molar-refractivity contribution >= 4 is 17.1 Å². The normalized spacial score (nSPS) is 13.1. The molecule has 0 bridgehead atoms. The van der Waals surface area contributed by atoms with Crippen LogP contribution in [0.15, 0.2) is 53.2 Å². The minimum absolute atomic E-state index is 0.254. The Hall–Kier alpha value is -2.56. The van der Waals surface area contributed by atoms with Crippen molar-refractivity contribution < 1.29 is 13.2 Å². The molecule has 0 N–H and O–H groups in total. The number of benzene rings is 2. The molecule has 0 radical (unpaired) electrons. The molecule has 0 aliphatic heterocycles. The average molecular weight is 359 g/mol. The van der Waals surface area contributed by atoms with E-state index in [2.05, 4.69) is 10.3 Å². The second kappa shape index (κ2) is 7.77. The van der Waals surface area contributed by atoms with Crippen molar-refractivity contribution in [3.05, 3.63) is 75.7 Å². The number of rotatable bonds is 4. The van der Waals surface area contributed by atoms with Gasteiger partial charge in [0.15, 0.2) is 0 Å². The number of nitrogens with zero attached hydrogens (tertiary/aromatic N) is 2. The molecule has 26 heavy (non-hydrogen) atoms. The van der Waals surface area contributed by atoms with Crippen molar-refractivity contribution in [2.45, 2.75) is 40.8 Å². The van der Waals surface area contributed by atoms with E-state index in [1.54, 1.807) is 39.0 Å². The van der Waals surface area contributed by atoms with E-state index in [0.29, 0.717) is 22.5 Å². The molecule has 0 spiro atoms. The summed E-state index contributed by atoms with van der Waals surface area (Å²) in [6.07, 6.45) is -3.57. The monoisotopic (exact) mass is 359 g/mol. The predicted octanol–water partition coefficient (Wildman–Crippen LogP) is 7.16. The largest absolute Gasteiger partial charge is 0.654 e. The summed E-state index contributed by atoms with van der Waals surface area (Å²) >= 11 is 0. The van der Waals surface area contributed by atoms with Crippen molar-refractivity contribution in [2.75, 3.05) is 0 Å². The Morgan fingerprint density at radius 3 is 1.81 bits per heavy atom. The number of hydrogen-bond donors (Lipinski definition) is 0. The molecule has 0 aliphatic rings. The van der Waals surface area contributed by atoms with Crippen LogP contribution in [0.1, 0.15) is 29.2 Å². The molecule has 0 amide bonds. The SMILES string of the molecule is CC(/C=C(/[N-]c1c(C)cccc1C)C(F)(F)F)=Nc1c(C)cccc1C. The Labute approximate surface area is 152 Å². The van der Waals surface area contributed by atoms with Crippen LogP contribution in [0.3, 0.4) is 0 Å². The number of allylic oxidation sites excluding steroid dienone is 2. The second-order valence-electron chi connectivity index (χ2n) is 6.37. The molecule has 0 aromatic heterocycles. The van der Waals surface area contributed by atoms with E-state index in [1.165, 1.54) is 0 Å². The van der Waals surface area contributed by atoms with Crippen LogP contribution in [0.2, 0.25) is 0 Å². The lowest BCUT2D eigenvalue weighted by molar-refractivity contribution is -0.0888. The molecular weight excluding hydrogens is 337 g/mol. The van der Waals surface area contributed by atoms with Gasteiger partial charge in [-0.25, -0.2) is 0 Å². The molecule has 0 fully saturated rings. The molecular formula is C21H22F3N2-. The fraction of sp³-hybridized carbons (Fsp3) is 0.286. The quantitative estimate of drug-likeness (QED) is 0.518. The molecule has 138 valence electrons. The molecule has 2 aromatic rings. The molecule has 0 heterocycles. The van der Waals surface area contributed by atoms with Crippen LogP contribution in [0.5, 0.6) is 0 Å². The van der Waals surface area contributed by atoms with Crippen molar-refractivity contribution in [1.29, 1.82) is 0 Å². The van der Waals surface area contributed by atoms with Gasteiger partial charge in [-0.05, 0) is 45.7 Å². The van der Waals surface area contributed by atoms with E-state index in [4.69, 9.17) is 0 Å². The lowest BCUT2D eigenvalue weighted by Gasteiger charge is -2.31. The van der Waals surface area contributed by atoms with Gasteiger partial charge in [-0.2, -0.15) is 13.2 Å². The van der Waals surface area contributed by atoms with Gasteiger partial charge in [0, 0.05) is 5.71 Å². The molecule has 0 saturated heterocycles. The number of halogens is 3. The number of alkyl halides is 3. The smallest absolute Gasteiger partial charge is 0.396 e. The molecule has 0 aliphatic carbocycles. The van der Waals surface area contributed by atoms with E-state index in [-0.39, 0.29) is 5.71 Å².